The van der Waals surface area contributed by atoms with E-state index in [1.807, 2.05) is 13.8 Å². The van der Waals surface area contributed by atoms with E-state index in [0.29, 0.717) is 11.5 Å². The standard InChI is InChI=1S/C16H23N3O5S/c1-9-14(11(3)24-18-9)16(4,5)17-15(20)12-8-13(23-10(12)2)25(21,22)19(6)7/h8H,1-7H3,(H,17,20). The highest BCUT2D eigenvalue weighted by molar-refractivity contribution is 7.88. The summed E-state index contributed by atoms with van der Waals surface area (Å²) >= 11 is 0. The van der Waals surface area contributed by atoms with Crippen molar-refractivity contribution in [3.8, 4) is 0 Å². The SMILES string of the molecule is Cc1noc(C)c1C(C)(C)NC(=O)c1cc(S(=O)(=O)N(C)C)oc1C. The molecule has 2 aromatic heterocycles. The first-order valence-corrected chi connectivity index (χ1v) is 9.10. The minimum atomic E-state index is -3.75. The average molecular weight is 369 g/mol. The summed E-state index contributed by atoms with van der Waals surface area (Å²) in [5, 5.41) is 6.52. The molecule has 138 valence electrons. The number of carbonyl (C=O) groups excluding carboxylic acids is 1. The molecular weight excluding hydrogens is 346 g/mol. The largest absolute Gasteiger partial charge is 0.448 e. The van der Waals surface area contributed by atoms with Crippen LogP contribution in [0.2, 0.25) is 0 Å². The minimum Gasteiger partial charge on any atom is -0.448 e. The molecule has 8 nitrogen and oxygen atoms in total. The van der Waals surface area contributed by atoms with Crippen molar-refractivity contribution >= 4 is 15.9 Å². The summed E-state index contributed by atoms with van der Waals surface area (Å²) in [4.78, 5) is 12.7. The molecule has 0 saturated carbocycles. The first-order chi connectivity index (χ1) is 11.4. The summed E-state index contributed by atoms with van der Waals surface area (Å²) in [5.74, 6) is 0.404. The van der Waals surface area contributed by atoms with Crippen molar-refractivity contribution in [3.63, 3.8) is 0 Å². The molecule has 0 aromatic carbocycles. The number of furan rings is 1. The van der Waals surface area contributed by atoms with Crippen molar-refractivity contribution in [1.82, 2.24) is 14.8 Å². The first-order valence-electron chi connectivity index (χ1n) is 7.66. The molecule has 2 rings (SSSR count). The second-order valence-electron chi connectivity index (χ2n) is 6.60. The second-order valence-corrected chi connectivity index (χ2v) is 8.68. The fourth-order valence-corrected chi connectivity index (χ4v) is 3.63. The van der Waals surface area contributed by atoms with Gasteiger partial charge in [-0.1, -0.05) is 5.16 Å². The summed E-state index contributed by atoms with van der Waals surface area (Å²) < 4.78 is 35.8. The van der Waals surface area contributed by atoms with Gasteiger partial charge < -0.3 is 14.3 Å². The van der Waals surface area contributed by atoms with Crippen molar-refractivity contribution in [2.24, 2.45) is 0 Å². The third-order valence-corrected chi connectivity index (χ3v) is 5.63. The molecule has 0 radical (unpaired) electrons. The lowest BCUT2D eigenvalue weighted by molar-refractivity contribution is 0.0910. The minimum absolute atomic E-state index is 0.167. The maximum atomic E-state index is 12.7. The van der Waals surface area contributed by atoms with Crippen LogP contribution in [-0.4, -0.2) is 37.9 Å². The van der Waals surface area contributed by atoms with Gasteiger partial charge in [0.05, 0.1) is 16.8 Å². The average Bonchev–Trinajstić information content (AvgIpc) is 3.01. The molecule has 0 atom stereocenters. The van der Waals surface area contributed by atoms with Crippen LogP contribution >= 0.6 is 0 Å². The Bertz CT molecular complexity index is 887. The monoisotopic (exact) mass is 369 g/mol. The van der Waals surface area contributed by atoms with Gasteiger partial charge in [0.25, 0.3) is 15.9 Å². The Kier molecular flexibility index (Phi) is 4.84. The van der Waals surface area contributed by atoms with E-state index in [4.69, 9.17) is 8.94 Å². The fraction of sp³-hybridized carbons (Fsp3) is 0.500. The van der Waals surface area contributed by atoms with Gasteiger partial charge in [-0.2, -0.15) is 0 Å². The lowest BCUT2D eigenvalue weighted by atomic mass is 9.92. The van der Waals surface area contributed by atoms with Gasteiger partial charge in [0, 0.05) is 25.7 Å². The third kappa shape index (κ3) is 3.47. The number of aryl methyl sites for hydroxylation is 3. The van der Waals surface area contributed by atoms with Crippen LogP contribution in [0, 0.1) is 20.8 Å². The number of aromatic nitrogens is 1. The summed E-state index contributed by atoms with van der Waals surface area (Å²) in [6, 6.07) is 1.24. The highest BCUT2D eigenvalue weighted by atomic mass is 32.2. The van der Waals surface area contributed by atoms with Crippen LogP contribution in [0.25, 0.3) is 0 Å². The molecule has 0 aliphatic heterocycles. The van der Waals surface area contributed by atoms with E-state index in [0.717, 1.165) is 9.87 Å². The van der Waals surface area contributed by atoms with Crippen molar-refractivity contribution in [2.75, 3.05) is 14.1 Å². The van der Waals surface area contributed by atoms with Crippen LogP contribution in [0.1, 0.15) is 47.0 Å². The van der Waals surface area contributed by atoms with Gasteiger partial charge in [0.15, 0.2) is 0 Å². The number of rotatable bonds is 5. The Morgan fingerprint density at radius 1 is 1.20 bits per heavy atom. The quantitative estimate of drug-likeness (QED) is 0.865. The van der Waals surface area contributed by atoms with E-state index in [-0.39, 0.29) is 16.4 Å². The number of amides is 1. The number of hydrogen-bond acceptors (Lipinski definition) is 6. The Labute approximate surface area is 147 Å². The molecule has 0 aliphatic rings. The van der Waals surface area contributed by atoms with Crippen LogP contribution in [-0.2, 0) is 15.6 Å². The number of nitrogens with zero attached hydrogens (tertiary/aromatic N) is 2. The zero-order chi connectivity index (χ0) is 19.2. The smallest absolute Gasteiger partial charge is 0.275 e. The molecule has 9 heteroatoms. The van der Waals surface area contributed by atoms with E-state index in [2.05, 4.69) is 10.5 Å². The molecule has 0 saturated heterocycles. The van der Waals surface area contributed by atoms with Crippen molar-refractivity contribution in [3.05, 3.63) is 34.4 Å². The molecule has 0 unspecified atom stereocenters. The molecule has 2 heterocycles. The number of nitrogens with one attached hydrogen (secondary N) is 1. The van der Waals surface area contributed by atoms with Gasteiger partial charge in [-0.05, 0) is 34.6 Å². The number of carbonyl (C=O) groups is 1. The van der Waals surface area contributed by atoms with E-state index in [1.54, 1.807) is 20.8 Å². The molecule has 0 spiro atoms. The van der Waals surface area contributed by atoms with Crippen LogP contribution in [0.15, 0.2) is 20.1 Å². The Morgan fingerprint density at radius 3 is 2.28 bits per heavy atom. The van der Waals surface area contributed by atoms with Gasteiger partial charge in [0.1, 0.15) is 11.5 Å². The Hall–Kier alpha value is -2.13. The molecular formula is C16H23N3O5S. The molecule has 0 bridgehead atoms. The lowest BCUT2D eigenvalue weighted by Gasteiger charge is -2.26. The summed E-state index contributed by atoms with van der Waals surface area (Å²) in [5.41, 5.74) is 0.876. The van der Waals surface area contributed by atoms with Gasteiger partial charge in [-0.15, -0.1) is 0 Å². The highest BCUT2D eigenvalue weighted by Gasteiger charge is 2.32. The van der Waals surface area contributed by atoms with Crippen molar-refractivity contribution in [2.45, 2.75) is 45.2 Å². The Morgan fingerprint density at radius 2 is 1.80 bits per heavy atom. The van der Waals surface area contributed by atoms with Crippen molar-refractivity contribution in [1.29, 1.82) is 0 Å². The first kappa shape index (κ1) is 19.2. The van der Waals surface area contributed by atoms with E-state index in [9.17, 15) is 13.2 Å². The van der Waals surface area contributed by atoms with Crippen molar-refractivity contribution < 1.29 is 22.2 Å². The molecule has 2 aromatic rings. The van der Waals surface area contributed by atoms with Gasteiger partial charge in [0.2, 0.25) is 5.09 Å². The van der Waals surface area contributed by atoms with Crippen LogP contribution < -0.4 is 5.32 Å². The maximum absolute atomic E-state index is 12.7. The lowest BCUT2D eigenvalue weighted by Crippen LogP contribution is -2.41. The van der Waals surface area contributed by atoms with Gasteiger partial charge >= 0.3 is 0 Å². The van der Waals surface area contributed by atoms with E-state index >= 15 is 0 Å². The highest BCUT2D eigenvalue weighted by Crippen LogP contribution is 2.28. The van der Waals surface area contributed by atoms with Crippen LogP contribution in [0.5, 0.6) is 0 Å². The number of sulfonamides is 1. The predicted octanol–water partition coefficient (Wildman–Crippen LogP) is 2.11. The molecule has 1 N–H and O–H groups in total. The fourth-order valence-electron chi connectivity index (χ4n) is 2.78. The molecule has 0 fully saturated rings. The van der Waals surface area contributed by atoms with E-state index < -0.39 is 21.5 Å². The topological polar surface area (TPSA) is 106 Å². The van der Waals surface area contributed by atoms with Crippen LogP contribution in [0.3, 0.4) is 0 Å². The normalized spacial score (nSPS) is 12.6. The third-order valence-electron chi connectivity index (χ3n) is 3.96. The summed E-state index contributed by atoms with van der Waals surface area (Å²) in [7, 11) is -0.958. The number of hydrogen-bond donors (Lipinski definition) is 1. The maximum Gasteiger partial charge on any atom is 0.275 e. The molecule has 1 amide bonds. The van der Waals surface area contributed by atoms with E-state index in [1.165, 1.54) is 20.2 Å². The van der Waals surface area contributed by atoms with Gasteiger partial charge in [-0.3, -0.25) is 4.79 Å². The second kappa shape index (κ2) is 6.30. The zero-order valence-corrected chi connectivity index (χ0v) is 16.2. The molecule has 0 aliphatic carbocycles. The molecule has 25 heavy (non-hydrogen) atoms. The van der Waals surface area contributed by atoms with Crippen LogP contribution in [0.4, 0.5) is 0 Å². The van der Waals surface area contributed by atoms with Gasteiger partial charge in [-0.25, -0.2) is 12.7 Å². The summed E-state index contributed by atoms with van der Waals surface area (Å²) in [6.07, 6.45) is 0. The zero-order valence-electron chi connectivity index (χ0n) is 15.4. The predicted molar refractivity (Wildman–Crippen MR) is 90.8 cm³/mol. The summed E-state index contributed by atoms with van der Waals surface area (Å²) in [6.45, 7) is 8.76. The Balaban J connectivity index is 2.35.